The summed E-state index contributed by atoms with van der Waals surface area (Å²) in [6.07, 6.45) is 9.71. The Bertz CT molecular complexity index is 743. The van der Waals surface area contributed by atoms with Gasteiger partial charge in [0.15, 0.2) is 0 Å². The normalized spacial score (nSPS) is 18.5. The molecule has 2 fully saturated rings. The Hall–Kier alpha value is -2.15. The summed E-state index contributed by atoms with van der Waals surface area (Å²) < 4.78 is 0. The number of hydrogen-bond acceptors (Lipinski definition) is 4. The molecule has 2 saturated carbocycles. The molecule has 0 aromatic heterocycles. The van der Waals surface area contributed by atoms with Crippen LogP contribution in [0.3, 0.4) is 0 Å². The van der Waals surface area contributed by atoms with Gasteiger partial charge in [0, 0.05) is 23.7 Å². The third kappa shape index (κ3) is 4.82. The van der Waals surface area contributed by atoms with Crippen LogP contribution in [0.15, 0.2) is 18.2 Å². The van der Waals surface area contributed by atoms with E-state index in [1.807, 2.05) is 0 Å². The Labute approximate surface area is 169 Å². The molecule has 1 N–H and O–H groups in total. The second kappa shape index (κ2) is 9.37. The lowest BCUT2D eigenvalue weighted by Crippen LogP contribution is -2.52. The molecule has 1 aromatic carbocycles. The highest BCUT2D eigenvalue weighted by atomic mass is 35.5. The molecule has 28 heavy (non-hydrogen) atoms. The predicted octanol–water partition coefficient (Wildman–Crippen LogP) is 5.07. The van der Waals surface area contributed by atoms with Crippen molar-refractivity contribution >= 4 is 29.2 Å². The summed E-state index contributed by atoms with van der Waals surface area (Å²) in [7, 11) is 0. The molecule has 152 valence electrons. The van der Waals surface area contributed by atoms with Gasteiger partial charge in [-0.05, 0) is 37.8 Å². The second-order valence-electron chi connectivity index (χ2n) is 7.67. The molecular formula is C20H26ClN3O4. The zero-order valence-corrected chi connectivity index (χ0v) is 16.6. The number of halogens is 1. The van der Waals surface area contributed by atoms with Crippen molar-refractivity contribution in [1.82, 2.24) is 10.2 Å². The Morgan fingerprint density at radius 1 is 1.04 bits per heavy atom. The lowest BCUT2D eigenvalue weighted by molar-refractivity contribution is -0.384. The number of nitro groups is 1. The van der Waals surface area contributed by atoms with Gasteiger partial charge in [-0.2, -0.15) is 0 Å². The van der Waals surface area contributed by atoms with Crippen molar-refractivity contribution < 1.29 is 14.5 Å². The molecule has 0 spiro atoms. The van der Waals surface area contributed by atoms with Crippen molar-refractivity contribution in [2.24, 2.45) is 0 Å². The first-order valence-corrected chi connectivity index (χ1v) is 10.4. The summed E-state index contributed by atoms with van der Waals surface area (Å²) in [4.78, 5) is 38.1. The highest BCUT2D eigenvalue weighted by molar-refractivity contribution is 6.32. The number of nitrogens with one attached hydrogen (secondary N) is 1. The van der Waals surface area contributed by atoms with Gasteiger partial charge in [0.2, 0.25) is 0 Å². The second-order valence-corrected chi connectivity index (χ2v) is 8.08. The number of carbonyl (C=O) groups excluding carboxylic acids is 2. The summed E-state index contributed by atoms with van der Waals surface area (Å²) >= 11 is 5.87. The molecule has 0 bridgehead atoms. The van der Waals surface area contributed by atoms with E-state index in [0.717, 1.165) is 63.9 Å². The van der Waals surface area contributed by atoms with Gasteiger partial charge < -0.3 is 5.32 Å². The third-order valence-electron chi connectivity index (χ3n) is 5.70. The Kier molecular flexibility index (Phi) is 6.88. The number of urea groups is 1. The van der Waals surface area contributed by atoms with Crippen molar-refractivity contribution in [3.63, 3.8) is 0 Å². The number of amides is 3. The Balaban J connectivity index is 1.85. The largest absolute Gasteiger partial charge is 0.335 e. The van der Waals surface area contributed by atoms with E-state index in [0.29, 0.717) is 0 Å². The van der Waals surface area contributed by atoms with Crippen LogP contribution in [0.5, 0.6) is 0 Å². The van der Waals surface area contributed by atoms with E-state index in [1.54, 1.807) is 0 Å². The molecule has 3 amide bonds. The molecule has 2 aliphatic carbocycles. The first-order valence-electron chi connectivity index (χ1n) is 10.1. The molecule has 7 nitrogen and oxygen atoms in total. The monoisotopic (exact) mass is 407 g/mol. The van der Waals surface area contributed by atoms with E-state index in [-0.39, 0.29) is 34.4 Å². The van der Waals surface area contributed by atoms with Crippen molar-refractivity contribution in [3.8, 4) is 0 Å². The van der Waals surface area contributed by atoms with Crippen molar-refractivity contribution in [2.75, 3.05) is 0 Å². The minimum atomic E-state index is -0.619. The van der Waals surface area contributed by atoms with Gasteiger partial charge in [-0.1, -0.05) is 50.1 Å². The minimum absolute atomic E-state index is 0.0302. The Morgan fingerprint density at radius 2 is 1.64 bits per heavy atom. The van der Waals surface area contributed by atoms with Gasteiger partial charge in [0.05, 0.1) is 4.92 Å². The van der Waals surface area contributed by atoms with Gasteiger partial charge in [-0.25, -0.2) is 4.79 Å². The number of hydrogen-bond donors (Lipinski definition) is 1. The van der Waals surface area contributed by atoms with Gasteiger partial charge in [0.25, 0.3) is 11.6 Å². The molecule has 1 aromatic rings. The smallest absolute Gasteiger partial charge is 0.324 e. The number of nitro benzene ring substituents is 1. The van der Waals surface area contributed by atoms with Crippen LogP contribution >= 0.6 is 11.6 Å². The SMILES string of the molecule is O=C(NC1CCCCC1)N(C(=O)c1ccc(Cl)c([N+](=O)[O-])c1)C1CCCCC1. The lowest BCUT2D eigenvalue weighted by atomic mass is 9.93. The molecule has 3 rings (SSSR count). The summed E-state index contributed by atoms with van der Waals surface area (Å²) in [6, 6.07) is 3.46. The first-order chi connectivity index (χ1) is 13.5. The molecule has 0 radical (unpaired) electrons. The summed E-state index contributed by atoms with van der Waals surface area (Å²) in [5, 5.41) is 14.2. The van der Waals surface area contributed by atoms with Crippen LogP contribution in [0.2, 0.25) is 5.02 Å². The maximum absolute atomic E-state index is 13.2. The van der Waals surface area contributed by atoms with Gasteiger partial charge in [0.1, 0.15) is 5.02 Å². The van der Waals surface area contributed by atoms with Gasteiger partial charge >= 0.3 is 6.03 Å². The standard InChI is InChI=1S/C20H26ClN3O4/c21-17-12-11-14(13-18(17)24(27)28)19(25)23(16-9-5-2-6-10-16)20(26)22-15-7-3-1-4-8-15/h11-13,15-16H,1-10H2,(H,22,26). The predicted molar refractivity (Wildman–Crippen MR) is 107 cm³/mol. The zero-order valence-electron chi connectivity index (χ0n) is 15.9. The fourth-order valence-electron chi connectivity index (χ4n) is 4.18. The van der Waals surface area contributed by atoms with E-state index in [4.69, 9.17) is 11.6 Å². The fourth-order valence-corrected chi connectivity index (χ4v) is 4.37. The highest BCUT2D eigenvalue weighted by Crippen LogP contribution is 2.29. The van der Waals surface area contributed by atoms with E-state index >= 15 is 0 Å². The molecule has 0 saturated heterocycles. The van der Waals surface area contributed by atoms with Crippen LogP contribution in [-0.2, 0) is 0 Å². The number of carbonyl (C=O) groups is 2. The number of nitrogens with zero attached hydrogens (tertiary/aromatic N) is 2. The van der Waals surface area contributed by atoms with Crippen LogP contribution in [-0.4, -0.2) is 33.8 Å². The topological polar surface area (TPSA) is 92.6 Å². The summed E-state index contributed by atoms with van der Waals surface area (Å²) in [5.41, 5.74) is -0.218. The lowest BCUT2D eigenvalue weighted by Gasteiger charge is -2.34. The van der Waals surface area contributed by atoms with Crippen molar-refractivity contribution in [2.45, 2.75) is 76.3 Å². The molecule has 2 aliphatic rings. The third-order valence-corrected chi connectivity index (χ3v) is 6.02. The van der Waals surface area contributed by atoms with Gasteiger partial charge in [-0.15, -0.1) is 0 Å². The van der Waals surface area contributed by atoms with Gasteiger partial charge in [-0.3, -0.25) is 19.8 Å². The van der Waals surface area contributed by atoms with Crippen LogP contribution in [0.25, 0.3) is 0 Å². The molecule has 0 heterocycles. The minimum Gasteiger partial charge on any atom is -0.335 e. The Morgan fingerprint density at radius 3 is 2.25 bits per heavy atom. The van der Waals surface area contributed by atoms with Crippen LogP contribution in [0.1, 0.15) is 74.6 Å². The number of benzene rings is 1. The average molecular weight is 408 g/mol. The van der Waals surface area contributed by atoms with E-state index in [2.05, 4.69) is 5.32 Å². The fraction of sp³-hybridized carbons (Fsp3) is 0.600. The highest BCUT2D eigenvalue weighted by Gasteiger charge is 2.33. The quantitative estimate of drug-likeness (QED) is 0.557. The van der Waals surface area contributed by atoms with Crippen molar-refractivity contribution in [3.05, 3.63) is 38.9 Å². The van der Waals surface area contributed by atoms with Crippen molar-refractivity contribution in [1.29, 1.82) is 0 Å². The van der Waals surface area contributed by atoms with E-state index in [9.17, 15) is 19.7 Å². The average Bonchev–Trinajstić information content (AvgIpc) is 2.69. The first kappa shape index (κ1) is 20.6. The maximum Gasteiger partial charge on any atom is 0.324 e. The molecule has 0 unspecified atom stereocenters. The zero-order chi connectivity index (χ0) is 20.1. The number of imide groups is 1. The van der Waals surface area contributed by atoms with Crippen LogP contribution in [0.4, 0.5) is 10.5 Å². The molecular weight excluding hydrogens is 382 g/mol. The number of rotatable bonds is 4. The summed E-state index contributed by atoms with van der Waals surface area (Å²) in [6.45, 7) is 0. The van der Waals surface area contributed by atoms with Crippen LogP contribution < -0.4 is 5.32 Å². The molecule has 8 heteroatoms. The maximum atomic E-state index is 13.2. The van der Waals surface area contributed by atoms with E-state index < -0.39 is 10.8 Å². The molecule has 0 atom stereocenters. The van der Waals surface area contributed by atoms with E-state index in [1.165, 1.54) is 23.5 Å². The summed E-state index contributed by atoms with van der Waals surface area (Å²) in [5.74, 6) is -0.500. The van der Waals surface area contributed by atoms with Crippen LogP contribution in [0, 0.1) is 10.1 Å². The molecule has 0 aliphatic heterocycles.